The highest BCUT2D eigenvalue weighted by Gasteiger charge is 2.57. The molecule has 1 saturated heterocycles. The number of halogens is 4. The van der Waals surface area contributed by atoms with E-state index >= 15 is 0 Å². The van der Waals surface area contributed by atoms with Gasteiger partial charge in [0.25, 0.3) is 5.91 Å². The quantitative estimate of drug-likeness (QED) is 0.165. The fourth-order valence-corrected chi connectivity index (χ4v) is 5.63. The average Bonchev–Trinajstić information content (AvgIpc) is 3.15. The van der Waals surface area contributed by atoms with Gasteiger partial charge in [-0.2, -0.15) is 13.2 Å². The van der Waals surface area contributed by atoms with Crippen LogP contribution >= 0.6 is 0 Å². The third-order valence-electron chi connectivity index (χ3n) is 8.62. The number of aliphatic hydroxyl groups is 2. The number of aromatic nitrogens is 1. The van der Waals surface area contributed by atoms with Gasteiger partial charge >= 0.3 is 12.3 Å². The second-order valence-electron chi connectivity index (χ2n) is 12.1. The Balaban J connectivity index is 1.53. The number of carbonyl (C=O) groups is 2. The van der Waals surface area contributed by atoms with Gasteiger partial charge < -0.3 is 34.5 Å². The number of nitrogens with one attached hydrogen (secondary N) is 1. The van der Waals surface area contributed by atoms with E-state index < -0.39 is 47.4 Å². The third-order valence-corrected chi connectivity index (χ3v) is 8.62. The van der Waals surface area contributed by atoms with Crippen LogP contribution in [0.25, 0.3) is 11.3 Å². The number of rotatable bonds is 12. The molecule has 0 saturated carbocycles. The van der Waals surface area contributed by atoms with Crippen molar-refractivity contribution in [1.29, 1.82) is 0 Å². The van der Waals surface area contributed by atoms with Gasteiger partial charge in [-0.3, -0.25) is 9.69 Å². The molecule has 1 aromatic heterocycles. The topological polar surface area (TPSA) is 140 Å². The van der Waals surface area contributed by atoms with E-state index in [-0.39, 0.29) is 73.5 Å². The molecule has 0 aliphatic carbocycles. The summed E-state index contributed by atoms with van der Waals surface area (Å²) in [6.45, 7) is -0.202. The summed E-state index contributed by atoms with van der Waals surface area (Å²) in [7, 11) is 1.30. The van der Waals surface area contributed by atoms with Crippen LogP contribution in [0.15, 0.2) is 84.9 Å². The van der Waals surface area contributed by atoms with E-state index in [0.29, 0.717) is 0 Å². The number of hydrogen-bond acceptors (Lipinski definition) is 9. The Morgan fingerprint density at radius 1 is 1.02 bits per heavy atom. The number of morpholine rings is 1. The number of aliphatic hydroxyl groups excluding tert-OH is 1. The molecule has 0 bridgehead atoms. The van der Waals surface area contributed by atoms with Crippen LogP contribution in [0.5, 0.6) is 11.5 Å². The van der Waals surface area contributed by atoms with E-state index in [4.69, 9.17) is 24.1 Å². The third kappa shape index (κ3) is 8.27. The van der Waals surface area contributed by atoms with Crippen molar-refractivity contribution in [2.24, 2.45) is 0 Å². The summed E-state index contributed by atoms with van der Waals surface area (Å²) in [6, 6.07) is 20.0. The largest absolute Gasteiger partial charge is 0.493 e. The molecule has 0 spiro atoms. The molecule has 52 heavy (non-hydrogen) atoms. The van der Waals surface area contributed by atoms with Crippen molar-refractivity contribution < 1.29 is 56.3 Å². The predicted octanol–water partition coefficient (Wildman–Crippen LogP) is 5.33. The normalized spacial score (nSPS) is 17.2. The molecule has 3 N–H and O–H groups in total. The van der Waals surface area contributed by atoms with E-state index in [1.807, 2.05) is 6.07 Å². The zero-order valence-corrected chi connectivity index (χ0v) is 28.3. The van der Waals surface area contributed by atoms with Crippen molar-refractivity contribution in [2.75, 3.05) is 46.6 Å². The molecule has 2 atom stereocenters. The van der Waals surface area contributed by atoms with Crippen LogP contribution in [-0.2, 0) is 27.2 Å². The molecule has 1 fully saturated rings. The van der Waals surface area contributed by atoms with Crippen molar-refractivity contribution in [2.45, 2.75) is 30.8 Å². The van der Waals surface area contributed by atoms with E-state index in [0.717, 1.165) is 23.8 Å². The Hall–Kier alpha value is -5.25. The molecule has 11 nitrogen and oxygen atoms in total. The fourth-order valence-electron chi connectivity index (χ4n) is 5.63. The van der Waals surface area contributed by atoms with Gasteiger partial charge in [0.1, 0.15) is 19.0 Å². The highest BCUT2D eigenvalue weighted by Crippen LogP contribution is 2.42. The van der Waals surface area contributed by atoms with Gasteiger partial charge in [0, 0.05) is 17.7 Å². The summed E-state index contributed by atoms with van der Waals surface area (Å²) in [5.74, 6) is -1.31. The van der Waals surface area contributed by atoms with Crippen molar-refractivity contribution in [3.63, 3.8) is 0 Å². The summed E-state index contributed by atoms with van der Waals surface area (Å²) in [4.78, 5) is 32.2. The first-order valence-corrected chi connectivity index (χ1v) is 16.1. The summed E-state index contributed by atoms with van der Waals surface area (Å²) in [6.07, 6.45) is -6.14. The van der Waals surface area contributed by atoms with Gasteiger partial charge in [-0.1, -0.05) is 30.3 Å². The number of ether oxygens (including phenoxy) is 4. The van der Waals surface area contributed by atoms with Crippen molar-refractivity contribution >= 4 is 12.0 Å². The minimum Gasteiger partial charge on any atom is -0.493 e. The number of amides is 2. The Bertz CT molecular complexity index is 1860. The van der Waals surface area contributed by atoms with Crippen LogP contribution in [0.2, 0.25) is 0 Å². The van der Waals surface area contributed by atoms with Crippen molar-refractivity contribution in [1.82, 2.24) is 15.2 Å². The van der Waals surface area contributed by atoms with E-state index in [9.17, 15) is 32.3 Å². The predicted molar refractivity (Wildman–Crippen MR) is 179 cm³/mol. The lowest BCUT2D eigenvalue weighted by Gasteiger charge is -2.44. The second-order valence-corrected chi connectivity index (χ2v) is 12.1. The zero-order valence-electron chi connectivity index (χ0n) is 28.3. The Morgan fingerprint density at radius 3 is 2.42 bits per heavy atom. The Morgan fingerprint density at radius 2 is 1.75 bits per heavy atom. The molecule has 4 aromatic rings. The zero-order chi connectivity index (χ0) is 37.5. The van der Waals surface area contributed by atoms with Gasteiger partial charge in [0.2, 0.25) is 5.60 Å². The molecule has 2 heterocycles. The summed E-state index contributed by atoms with van der Waals surface area (Å²) in [5, 5.41) is 22.7. The molecular weight excluding hydrogens is 690 g/mol. The molecule has 15 heteroatoms. The number of carbonyl (C=O) groups excluding carboxylic acids is 2. The maximum Gasteiger partial charge on any atom is 0.424 e. The van der Waals surface area contributed by atoms with Crippen LogP contribution in [0.1, 0.15) is 34.1 Å². The van der Waals surface area contributed by atoms with Crippen molar-refractivity contribution in [3.8, 4) is 22.8 Å². The van der Waals surface area contributed by atoms with Crippen LogP contribution in [0.4, 0.5) is 22.4 Å². The maximum atomic E-state index is 15.0. The molecule has 276 valence electrons. The minimum absolute atomic E-state index is 0.0283. The first-order chi connectivity index (χ1) is 24.8. The molecule has 2 unspecified atom stereocenters. The lowest BCUT2D eigenvalue weighted by molar-refractivity contribution is -0.265. The standard InChI is InChI=1S/C37H37F4N3O8/c1-35(23-50-16-14-44(35)34(47)52-21-24-6-4-3-5-7-24)27-19-29(25-8-11-28(38)12-9-25)43-32(20-27)36(48,37(39,40)41)22-42-33(46)26-10-13-30(51-17-15-45)31(18-26)49-2/h3-13,18-20,45,48H,14-17,21-23H2,1-2H3,(H,42,46). The number of pyridine rings is 1. The van der Waals surface area contributed by atoms with Gasteiger partial charge in [-0.25, -0.2) is 14.2 Å². The molecule has 2 amide bonds. The first-order valence-electron chi connectivity index (χ1n) is 16.1. The Labute approximate surface area is 296 Å². The monoisotopic (exact) mass is 727 g/mol. The highest BCUT2D eigenvalue weighted by molar-refractivity contribution is 5.95. The molecule has 0 radical (unpaired) electrons. The average molecular weight is 728 g/mol. The van der Waals surface area contributed by atoms with Crippen LogP contribution in [0.3, 0.4) is 0 Å². The number of alkyl halides is 3. The number of nitrogens with zero attached hydrogens (tertiary/aromatic N) is 2. The fraction of sp³-hybridized carbons (Fsp3) is 0.324. The summed E-state index contributed by atoms with van der Waals surface area (Å²) < 4.78 is 80.7. The number of methoxy groups -OCH3 is 1. The van der Waals surface area contributed by atoms with Gasteiger partial charge in [-0.15, -0.1) is 0 Å². The molecule has 1 aliphatic rings. The Kier molecular flexibility index (Phi) is 11.7. The van der Waals surface area contributed by atoms with Crippen LogP contribution in [-0.4, -0.2) is 84.9 Å². The van der Waals surface area contributed by atoms with Gasteiger partial charge in [0.15, 0.2) is 11.5 Å². The lowest BCUT2D eigenvalue weighted by atomic mass is 9.86. The van der Waals surface area contributed by atoms with Gasteiger partial charge in [-0.05, 0) is 72.6 Å². The van der Waals surface area contributed by atoms with E-state index in [1.54, 1.807) is 31.2 Å². The van der Waals surface area contributed by atoms with E-state index in [2.05, 4.69) is 10.3 Å². The number of hydrogen-bond donors (Lipinski definition) is 3. The van der Waals surface area contributed by atoms with E-state index in [1.165, 1.54) is 48.4 Å². The minimum atomic E-state index is -5.38. The summed E-state index contributed by atoms with van der Waals surface area (Å²) >= 11 is 0. The maximum absolute atomic E-state index is 15.0. The molecule has 3 aromatic carbocycles. The first kappa shape index (κ1) is 38.0. The second kappa shape index (κ2) is 16.0. The SMILES string of the molecule is COc1cc(C(=O)NCC(O)(c2cc(C3(C)COCCN3C(=O)OCc3ccccc3)cc(-c3ccc(F)cc3)n2)C(F)(F)F)ccc1OCCO. The van der Waals surface area contributed by atoms with Gasteiger partial charge in [0.05, 0.1) is 50.4 Å². The van der Waals surface area contributed by atoms with Crippen molar-refractivity contribution in [3.05, 3.63) is 113 Å². The molecular formula is C37H37F4N3O8. The number of benzene rings is 3. The van der Waals surface area contributed by atoms with Crippen LogP contribution in [0, 0.1) is 5.82 Å². The smallest absolute Gasteiger partial charge is 0.424 e. The molecule has 1 aliphatic heterocycles. The lowest BCUT2D eigenvalue weighted by Crippen LogP contribution is -2.56. The summed E-state index contributed by atoms with van der Waals surface area (Å²) in [5.41, 5.74) is -5.23. The molecule has 5 rings (SSSR count). The highest BCUT2D eigenvalue weighted by atomic mass is 19.4. The van der Waals surface area contributed by atoms with Crippen LogP contribution < -0.4 is 14.8 Å².